The highest BCUT2D eigenvalue weighted by atomic mass is 19.4. The molecule has 0 aromatic carbocycles. The van der Waals surface area contributed by atoms with Gasteiger partial charge in [-0.2, -0.15) is 13.2 Å². The first-order valence-electron chi connectivity index (χ1n) is 19.7. The van der Waals surface area contributed by atoms with Crippen LogP contribution in [-0.4, -0.2) is 71.6 Å². The monoisotopic (exact) mass is 816 g/mol. The summed E-state index contributed by atoms with van der Waals surface area (Å²) in [5, 5.41) is 12.0. The number of esters is 3. The molecule has 59 heavy (non-hydrogen) atoms. The maximum Gasteiger partial charge on any atom is 0.429 e. The van der Waals surface area contributed by atoms with E-state index in [1.807, 2.05) is 19.9 Å². The van der Waals surface area contributed by atoms with Gasteiger partial charge in [0.1, 0.15) is 0 Å². The number of aromatic nitrogens is 1. The molecule has 0 saturated carbocycles. The van der Waals surface area contributed by atoms with Gasteiger partial charge in [0.15, 0.2) is 0 Å². The van der Waals surface area contributed by atoms with Crippen LogP contribution in [-0.2, 0) is 28.6 Å². The predicted octanol–water partition coefficient (Wildman–Crippen LogP) is 8.13. The molecule has 0 spiro atoms. The molecule has 4 aliphatic heterocycles. The Morgan fingerprint density at radius 3 is 2.02 bits per heavy atom. The number of rotatable bonds is 14. The summed E-state index contributed by atoms with van der Waals surface area (Å²) in [4.78, 5) is 54.9. The summed E-state index contributed by atoms with van der Waals surface area (Å²) in [5.41, 5.74) is 5.93. The summed E-state index contributed by atoms with van der Waals surface area (Å²) < 4.78 is 59.3. The maximum absolute atomic E-state index is 14.8. The van der Waals surface area contributed by atoms with Gasteiger partial charge in [-0.05, 0) is 117 Å². The molecule has 0 amide bonds. The van der Waals surface area contributed by atoms with Crippen molar-refractivity contribution in [3.05, 3.63) is 96.3 Å². The molecule has 0 saturated heterocycles. The average Bonchev–Trinajstić information content (AvgIpc) is 3.85. The zero-order valence-electron chi connectivity index (χ0n) is 34.8. The Balaban J connectivity index is 1.84. The second kappa shape index (κ2) is 18.9. The number of nitrogens with one attached hydrogen (secondary N) is 1. The fourth-order valence-corrected chi connectivity index (χ4v) is 7.36. The van der Waals surface area contributed by atoms with Crippen molar-refractivity contribution in [1.29, 1.82) is 0 Å². The molecule has 5 rings (SSSR count). The smallest absolute Gasteiger partial charge is 0.429 e. The number of carbonyl (C=O) groups is 3. The van der Waals surface area contributed by atoms with Crippen LogP contribution in [0.2, 0.25) is 0 Å². The van der Waals surface area contributed by atoms with Crippen LogP contribution in [0.4, 0.5) is 13.2 Å². The van der Waals surface area contributed by atoms with Gasteiger partial charge in [-0.3, -0.25) is 14.4 Å². The number of methoxy groups -OCH3 is 2. The third-order valence-corrected chi connectivity index (χ3v) is 10.7. The maximum atomic E-state index is 14.8. The number of halogens is 3. The highest BCUT2D eigenvalue weighted by Crippen LogP contribution is 2.40. The van der Waals surface area contributed by atoms with Crippen molar-refractivity contribution in [3.8, 4) is 0 Å². The fraction of sp³-hybridized carbons (Fsp3) is 0.422. The van der Waals surface area contributed by atoms with E-state index in [1.165, 1.54) is 27.2 Å². The molecular weight excluding hydrogens is 766 g/mol. The van der Waals surface area contributed by atoms with E-state index in [9.17, 15) is 32.7 Å². The lowest BCUT2D eigenvalue weighted by molar-refractivity contribution is -0.209. The minimum absolute atomic E-state index is 0.00504. The van der Waals surface area contributed by atoms with Crippen molar-refractivity contribution < 1.29 is 46.9 Å². The minimum Gasteiger partial charge on any atom is -0.512 e. The van der Waals surface area contributed by atoms with Crippen LogP contribution in [0.15, 0.2) is 89.5 Å². The van der Waals surface area contributed by atoms with Crippen LogP contribution in [0, 0.1) is 6.92 Å². The Morgan fingerprint density at radius 1 is 0.780 bits per heavy atom. The number of H-pyrrole nitrogens is 1. The van der Waals surface area contributed by atoms with Crippen molar-refractivity contribution in [2.75, 3.05) is 14.2 Å². The molecule has 11 nitrogen and oxygen atoms in total. The number of aliphatic hydroxyl groups excluding tert-OH is 1. The number of unbranched alkanes of at least 4 members (excludes halogenated alkanes) is 3. The van der Waals surface area contributed by atoms with E-state index in [2.05, 4.69) is 11.9 Å². The normalized spacial score (nSPS) is 17.6. The van der Waals surface area contributed by atoms with E-state index in [1.54, 1.807) is 31.2 Å². The Labute approximate surface area is 341 Å². The molecule has 2 N–H and O–H groups in total. The summed E-state index contributed by atoms with van der Waals surface area (Å²) >= 11 is 0. The number of hydrogen-bond donors (Lipinski definition) is 2. The van der Waals surface area contributed by atoms with E-state index in [-0.39, 0.29) is 53.3 Å². The van der Waals surface area contributed by atoms with Crippen LogP contribution < -0.4 is 10.6 Å². The second-order valence-corrected chi connectivity index (χ2v) is 14.8. The topological polar surface area (TPSA) is 152 Å². The number of carbonyl (C=O) groups excluding carboxylic acids is 3. The SMILES string of the molecule is CCCCCC/C(O)=C\C=c1\c(C)c2[nH]c1=CC1=NC(=CC3=NC(=CC4=NC(=C2)C(C)=C4CCC(=O)OC)C(CCC(=O)OC)=C3C)C(C(OC(C)=O)C(F)(F)F)=C1C. The molecule has 1 aromatic heterocycles. The molecule has 5 heterocycles. The highest BCUT2D eigenvalue weighted by Gasteiger charge is 2.48. The standard InChI is InChI=1S/C45H51F3N4O7/c1-9-10-11-12-13-29(54)14-15-30-24(2)33-20-34-25(3)31(16-18-41(55)57-7)38(50-34)23-39-32(17-19-42(56)58-8)26(4)35(51-39)22-40-43(44(45(46,47)48)59-28(6)53)27(5)36(52-40)21-37(30)49-33/h14-15,20-23,44,49,54H,9-13,16-19H2,1-8H3/b29-14+,30-15-,34-20?,37-21?,39-23?,40-22?. The van der Waals surface area contributed by atoms with Crippen molar-refractivity contribution in [2.45, 2.75) is 112 Å². The number of aliphatic hydroxyl groups is 1. The quantitative estimate of drug-likeness (QED) is 0.0833. The van der Waals surface area contributed by atoms with Gasteiger partial charge in [-0.15, -0.1) is 0 Å². The summed E-state index contributed by atoms with van der Waals surface area (Å²) in [7, 11) is 2.60. The van der Waals surface area contributed by atoms with Crippen LogP contribution in [0.5, 0.6) is 0 Å². The number of nitrogens with zero attached hydrogens (tertiary/aromatic N) is 3. The first-order chi connectivity index (χ1) is 28.0. The summed E-state index contributed by atoms with van der Waals surface area (Å²) in [6.07, 6.45) is 7.44. The zero-order valence-corrected chi connectivity index (χ0v) is 34.8. The first-order valence-corrected chi connectivity index (χ1v) is 19.7. The number of alkyl halides is 3. The molecule has 0 fully saturated rings. The van der Waals surface area contributed by atoms with E-state index in [0.29, 0.717) is 57.4 Å². The van der Waals surface area contributed by atoms with Crippen LogP contribution in [0.25, 0.3) is 18.2 Å². The predicted molar refractivity (Wildman–Crippen MR) is 222 cm³/mol. The summed E-state index contributed by atoms with van der Waals surface area (Å²) in [6, 6.07) is 0. The van der Waals surface area contributed by atoms with Crippen molar-refractivity contribution in [1.82, 2.24) is 4.98 Å². The van der Waals surface area contributed by atoms with E-state index in [0.717, 1.165) is 49.3 Å². The third-order valence-electron chi connectivity index (χ3n) is 10.7. The molecule has 1 unspecified atom stereocenters. The number of hydrogen-bond acceptors (Lipinski definition) is 10. The lowest BCUT2D eigenvalue weighted by atomic mass is 9.95. The molecule has 14 heteroatoms. The molecule has 4 aliphatic rings. The van der Waals surface area contributed by atoms with Gasteiger partial charge in [0.2, 0.25) is 6.10 Å². The number of allylic oxidation sites excluding steroid dienone is 9. The highest BCUT2D eigenvalue weighted by molar-refractivity contribution is 6.24. The fourth-order valence-electron chi connectivity index (χ4n) is 7.36. The molecule has 8 bridgehead atoms. The van der Waals surface area contributed by atoms with Crippen LogP contribution >= 0.6 is 0 Å². The van der Waals surface area contributed by atoms with E-state index in [4.69, 9.17) is 29.2 Å². The van der Waals surface area contributed by atoms with Crippen LogP contribution in [0.1, 0.15) is 104 Å². The van der Waals surface area contributed by atoms with Gasteiger partial charge >= 0.3 is 24.1 Å². The minimum atomic E-state index is -4.99. The zero-order chi connectivity index (χ0) is 43.2. The molecule has 314 valence electrons. The number of ether oxygens (including phenoxy) is 3. The molecule has 0 radical (unpaired) electrons. The third kappa shape index (κ3) is 10.3. The van der Waals surface area contributed by atoms with Crippen molar-refractivity contribution in [2.24, 2.45) is 15.0 Å². The molecular formula is C45H51F3N4O7. The van der Waals surface area contributed by atoms with Crippen molar-refractivity contribution >= 4 is 53.3 Å². The van der Waals surface area contributed by atoms with Gasteiger partial charge in [0.05, 0.1) is 54.2 Å². The Kier molecular flexibility index (Phi) is 14.2. The van der Waals surface area contributed by atoms with Gasteiger partial charge in [0, 0.05) is 48.0 Å². The Hall–Kier alpha value is -5.79. The largest absolute Gasteiger partial charge is 0.512 e. The first kappa shape index (κ1) is 44.3. The van der Waals surface area contributed by atoms with E-state index >= 15 is 0 Å². The van der Waals surface area contributed by atoms with Gasteiger partial charge in [0.25, 0.3) is 0 Å². The number of aliphatic imine (C=N–C) groups is 3. The van der Waals surface area contributed by atoms with Gasteiger partial charge in [-0.25, -0.2) is 15.0 Å². The molecule has 1 atom stereocenters. The Morgan fingerprint density at radius 2 is 1.39 bits per heavy atom. The lowest BCUT2D eigenvalue weighted by Gasteiger charge is -2.22. The Bertz CT molecular complexity index is 2380. The molecule has 0 aliphatic carbocycles. The van der Waals surface area contributed by atoms with Crippen LogP contribution in [0.3, 0.4) is 0 Å². The number of aromatic amines is 1. The average molecular weight is 817 g/mol. The number of fused-ring (bicyclic) bond motifs is 5. The van der Waals surface area contributed by atoms with Gasteiger partial charge < -0.3 is 24.3 Å². The second-order valence-electron chi connectivity index (χ2n) is 14.8. The van der Waals surface area contributed by atoms with Crippen molar-refractivity contribution in [3.63, 3.8) is 0 Å². The lowest BCUT2D eigenvalue weighted by Crippen LogP contribution is -2.36. The summed E-state index contributed by atoms with van der Waals surface area (Å²) in [6.45, 7) is 10.1. The molecule has 1 aromatic rings. The van der Waals surface area contributed by atoms with E-state index < -0.39 is 30.2 Å². The van der Waals surface area contributed by atoms with Gasteiger partial charge in [-0.1, -0.05) is 26.2 Å². The summed E-state index contributed by atoms with van der Waals surface area (Å²) in [5.74, 6) is -1.79.